The van der Waals surface area contributed by atoms with Crippen molar-refractivity contribution >= 4 is 44.6 Å². The fourth-order valence-corrected chi connectivity index (χ4v) is 6.17. The molecule has 0 atom stereocenters. The summed E-state index contributed by atoms with van der Waals surface area (Å²) in [6.45, 7) is 2.04. The van der Waals surface area contributed by atoms with Gasteiger partial charge in [-0.2, -0.15) is 4.31 Å². The summed E-state index contributed by atoms with van der Waals surface area (Å²) in [5.41, 5.74) is 0. The number of thiophene rings is 1. The van der Waals surface area contributed by atoms with Crippen LogP contribution in [0.3, 0.4) is 0 Å². The van der Waals surface area contributed by atoms with Gasteiger partial charge in [0.25, 0.3) is 0 Å². The van der Waals surface area contributed by atoms with Crippen LogP contribution in [0, 0.1) is 0 Å². The van der Waals surface area contributed by atoms with Gasteiger partial charge in [-0.1, -0.05) is 23.2 Å². The van der Waals surface area contributed by atoms with Gasteiger partial charge >= 0.3 is 0 Å². The summed E-state index contributed by atoms with van der Waals surface area (Å²) in [5, 5.41) is 0. The van der Waals surface area contributed by atoms with Crippen LogP contribution in [0.2, 0.25) is 8.67 Å². The van der Waals surface area contributed by atoms with E-state index in [2.05, 4.69) is 0 Å². The molecule has 1 spiro atoms. The predicted octanol–water partition coefficient (Wildman–Crippen LogP) is 2.97. The van der Waals surface area contributed by atoms with E-state index in [4.69, 9.17) is 32.7 Å². The zero-order chi connectivity index (χ0) is 15.1. The third-order valence-electron chi connectivity index (χ3n) is 3.75. The van der Waals surface area contributed by atoms with Gasteiger partial charge < -0.3 is 9.47 Å². The molecule has 0 saturated carbocycles. The molecule has 2 aliphatic heterocycles. The van der Waals surface area contributed by atoms with Crippen molar-refractivity contribution in [2.24, 2.45) is 0 Å². The number of hydrogen-bond acceptors (Lipinski definition) is 5. The van der Waals surface area contributed by atoms with Gasteiger partial charge in [0.2, 0.25) is 10.0 Å². The van der Waals surface area contributed by atoms with Crippen molar-refractivity contribution in [1.29, 1.82) is 0 Å². The topological polar surface area (TPSA) is 55.8 Å². The van der Waals surface area contributed by atoms with E-state index >= 15 is 0 Å². The van der Waals surface area contributed by atoms with Crippen LogP contribution >= 0.6 is 34.5 Å². The molecular formula is C12H15Cl2NO4S2. The Morgan fingerprint density at radius 1 is 1.19 bits per heavy atom. The van der Waals surface area contributed by atoms with Crippen molar-refractivity contribution in [3.63, 3.8) is 0 Å². The van der Waals surface area contributed by atoms with Crippen LogP contribution in [-0.4, -0.2) is 44.8 Å². The van der Waals surface area contributed by atoms with Crippen LogP contribution in [0.15, 0.2) is 11.0 Å². The number of sulfonamides is 1. The van der Waals surface area contributed by atoms with Crippen LogP contribution in [0.25, 0.3) is 0 Å². The number of piperidine rings is 1. The first-order valence-electron chi connectivity index (χ1n) is 6.66. The Balaban J connectivity index is 1.75. The second kappa shape index (κ2) is 5.96. The lowest BCUT2D eigenvalue weighted by molar-refractivity contribution is -0.280. The number of halogens is 2. The molecule has 2 fully saturated rings. The van der Waals surface area contributed by atoms with Crippen LogP contribution in [0.5, 0.6) is 0 Å². The van der Waals surface area contributed by atoms with Crippen molar-refractivity contribution in [3.8, 4) is 0 Å². The molecule has 21 heavy (non-hydrogen) atoms. The first kappa shape index (κ1) is 16.0. The van der Waals surface area contributed by atoms with Crippen molar-refractivity contribution < 1.29 is 17.9 Å². The van der Waals surface area contributed by atoms with E-state index in [1.807, 2.05) is 0 Å². The summed E-state index contributed by atoms with van der Waals surface area (Å²) in [4.78, 5) is 0.0839. The monoisotopic (exact) mass is 371 g/mol. The third kappa shape index (κ3) is 3.10. The maximum absolute atomic E-state index is 12.6. The van der Waals surface area contributed by atoms with Gasteiger partial charge in [0.15, 0.2) is 5.79 Å². The Labute approximate surface area is 137 Å². The molecule has 2 saturated heterocycles. The normalized spacial score (nSPS) is 23.5. The highest BCUT2D eigenvalue weighted by Gasteiger charge is 2.42. The van der Waals surface area contributed by atoms with E-state index in [1.165, 1.54) is 10.4 Å². The van der Waals surface area contributed by atoms with Crippen LogP contribution in [0.1, 0.15) is 19.3 Å². The molecule has 0 radical (unpaired) electrons. The molecular weight excluding hydrogens is 357 g/mol. The molecule has 3 rings (SSSR count). The quantitative estimate of drug-likeness (QED) is 0.801. The summed E-state index contributed by atoms with van der Waals surface area (Å²) in [7, 11) is -3.61. The smallest absolute Gasteiger partial charge is 0.245 e. The minimum absolute atomic E-state index is 0.0839. The SMILES string of the molecule is O=S(=O)(c1cc(Cl)sc1Cl)N1CCC2(CC1)OCCCO2. The maximum atomic E-state index is 12.6. The number of hydrogen-bond donors (Lipinski definition) is 0. The summed E-state index contributed by atoms with van der Waals surface area (Å²) in [6, 6.07) is 1.40. The first-order chi connectivity index (χ1) is 9.93. The average molecular weight is 372 g/mol. The lowest BCUT2D eigenvalue weighted by atomic mass is 10.0. The zero-order valence-electron chi connectivity index (χ0n) is 11.2. The Morgan fingerprint density at radius 3 is 2.33 bits per heavy atom. The molecule has 0 aliphatic carbocycles. The van der Waals surface area contributed by atoms with Crippen molar-refractivity contribution in [3.05, 3.63) is 14.7 Å². The van der Waals surface area contributed by atoms with E-state index in [0.29, 0.717) is 43.5 Å². The lowest BCUT2D eigenvalue weighted by Gasteiger charge is -2.42. The number of nitrogens with zero attached hydrogens (tertiary/aromatic N) is 1. The Morgan fingerprint density at radius 2 is 1.81 bits per heavy atom. The molecule has 0 unspecified atom stereocenters. The standard InChI is InChI=1S/C12H15Cl2NO4S2/c13-10-8-9(11(14)20-10)21(16,17)15-4-2-12(3-5-15)18-6-1-7-19-12/h8H,1-7H2. The molecule has 0 bridgehead atoms. The lowest BCUT2D eigenvalue weighted by Crippen LogP contribution is -2.51. The molecule has 0 amide bonds. The van der Waals surface area contributed by atoms with Gasteiger partial charge in [-0.15, -0.1) is 11.3 Å². The van der Waals surface area contributed by atoms with E-state index in [-0.39, 0.29) is 9.23 Å². The molecule has 5 nitrogen and oxygen atoms in total. The summed E-state index contributed by atoms with van der Waals surface area (Å²) in [5.74, 6) is -0.611. The number of rotatable bonds is 2. The molecule has 0 N–H and O–H groups in total. The van der Waals surface area contributed by atoms with Crippen molar-refractivity contribution in [1.82, 2.24) is 4.31 Å². The highest BCUT2D eigenvalue weighted by atomic mass is 35.5. The fourth-order valence-electron chi connectivity index (χ4n) is 2.61. The van der Waals surface area contributed by atoms with Crippen LogP contribution in [-0.2, 0) is 19.5 Å². The minimum Gasteiger partial charge on any atom is -0.350 e. The Bertz CT molecular complexity index is 615. The molecule has 2 aliphatic rings. The highest BCUT2D eigenvalue weighted by molar-refractivity contribution is 7.89. The predicted molar refractivity (Wildman–Crippen MR) is 81.6 cm³/mol. The van der Waals surface area contributed by atoms with Crippen molar-refractivity contribution in [2.75, 3.05) is 26.3 Å². The largest absolute Gasteiger partial charge is 0.350 e. The summed E-state index contributed by atoms with van der Waals surface area (Å²) >= 11 is 12.9. The maximum Gasteiger partial charge on any atom is 0.245 e. The van der Waals surface area contributed by atoms with Crippen molar-refractivity contribution in [2.45, 2.75) is 29.9 Å². The third-order valence-corrected chi connectivity index (χ3v) is 7.40. The molecule has 0 aromatic carbocycles. The second-order valence-corrected chi connectivity index (χ2v) is 9.25. The first-order valence-corrected chi connectivity index (χ1v) is 9.67. The fraction of sp³-hybridized carbons (Fsp3) is 0.667. The minimum atomic E-state index is -3.61. The average Bonchev–Trinajstić information content (AvgIpc) is 2.80. The number of ether oxygens (including phenoxy) is 2. The molecule has 118 valence electrons. The van der Waals surface area contributed by atoms with Crippen LogP contribution in [0.4, 0.5) is 0 Å². The van der Waals surface area contributed by atoms with Gasteiger partial charge in [0.05, 0.1) is 17.6 Å². The molecule has 1 aromatic rings. The van der Waals surface area contributed by atoms with Gasteiger partial charge in [0, 0.05) is 25.9 Å². The van der Waals surface area contributed by atoms with E-state index in [9.17, 15) is 8.42 Å². The summed E-state index contributed by atoms with van der Waals surface area (Å²) in [6.07, 6.45) is 1.94. The van der Waals surface area contributed by atoms with Gasteiger partial charge in [-0.25, -0.2) is 8.42 Å². The second-order valence-electron chi connectivity index (χ2n) is 5.05. The van der Waals surface area contributed by atoms with E-state index in [0.717, 1.165) is 17.8 Å². The Kier molecular flexibility index (Phi) is 4.53. The van der Waals surface area contributed by atoms with Gasteiger partial charge in [-0.3, -0.25) is 0 Å². The highest BCUT2D eigenvalue weighted by Crippen LogP contribution is 2.38. The Hall–Kier alpha value is 0.110. The zero-order valence-corrected chi connectivity index (χ0v) is 14.3. The molecule has 9 heteroatoms. The van der Waals surface area contributed by atoms with Gasteiger partial charge in [-0.05, 0) is 12.5 Å². The van der Waals surface area contributed by atoms with Gasteiger partial charge in [0.1, 0.15) is 9.23 Å². The summed E-state index contributed by atoms with van der Waals surface area (Å²) < 4.78 is 38.6. The van der Waals surface area contributed by atoms with Crippen LogP contribution < -0.4 is 0 Å². The molecule has 3 heterocycles. The van der Waals surface area contributed by atoms with E-state index < -0.39 is 15.8 Å². The van der Waals surface area contributed by atoms with E-state index in [1.54, 1.807) is 0 Å². The molecule has 1 aromatic heterocycles.